The van der Waals surface area contributed by atoms with Crippen LogP contribution in [0.3, 0.4) is 0 Å². The first-order valence-electron chi connectivity index (χ1n) is 4.57. The summed E-state index contributed by atoms with van der Waals surface area (Å²) in [5.74, 6) is 0.389. The zero-order chi connectivity index (χ0) is 10.6. The van der Waals surface area contributed by atoms with Crippen molar-refractivity contribution in [1.29, 1.82) is 0 Å². The Balaban J connectivity index is 2.83. The average Bonchev–Trinajstić information content (AvgIpc) is 2.27. The molecule has 14 heavy (non-hydrogen) atoms. The fourth-order valence-electron chi connectivity index (χ4n) is 1.20. The van der Waals surface area contributed by atoms with Gasteiger partial charge < -0.3 is 10.5 Å². The van der Waals surface area contributed by atoms with E-state index in [9.17, 15) is 0 Å². The molecule has 0 aromatic heterocycles. The van der Waals surface area contributed by atoms with Gasteiger partial charge in [-0.05, 0) is 30.2 Å². The van der Waals surface area contributed by atoms with Crippen LogP contribution in [0.5, 0.6) is 0 Å². The Kier molecular flexibility index (Phi) is 4.04. The molecule has 0 saturated carbocycles. The molecule has 1 aromatic rings. The van der Waals surface area contributed by atoms with Crippen molar-refractivity contribution in [3.05, 3.63) is 35.4 Å². The summed E-state index contributed by atoms with van der Waals surface area (Å²) < 4.78 is 4.97. The molecule has 76 valence electrons. The maximum atomic E-state index is 5.58. The molecule has 1 aromatic carbocycles. The molecule has 0 aliphatic heterocycles. The van der Waals surface area contributed by atoms with E-state index in [2.05, 4.69) is 6.92 Å². The van der Waals surface area contributed by atoms with Crippen LogP contribution in [-0.2, 0) is 4.74 Å². The van der Waals surface area contributed by atoms with Crippen molar-refractivity contribution >= 4 is 17.3 Å². The number of benzene rings is 1. The van der Waals surface area contributed by atoms with Gasteiger partial charge in [-0.25, -0.2) is 0 Å². The number of rotatable bonds is 3. The van der Waals surface area contributed by atoms with Gasteiger partial charge >= 0.3 is 0 Å². The van der Waals surface area contributed by atoms with Gasteiger partial charge in [-0.1, -0.05) is 31.2 Å². The molecule has 0 amide bonds. The molecule has 2 N–H and O–H groups in total. The highest BCUT2D eigenvalue weighted by Gasteiger charge is 2.04. The lowest BCUT2D eigenvalue weighted by Crippen LogP contribution is -2.09. The Morgan fingerprint density at radius 2 is 2.00 bits per heavy atom. The van der Waals surface area contributed by atoms with Crippen molar-refractivity contribution in [2.24, 2.45) is 5.73 Å². The quantitative estimate of drug-likeness (QED) is 0.774. The lowest BCUT2D eigenvalue weighted by atomic mass is 10.0. The number of hydrogen-bond acceptors (Lipinski definition) is 3. The smallest absolute Gasteiger partial charge is 0.190 e. The normalized spacial score (nSPS) is 12.2. The maximum absolute atomic E-state index is 5.58. The highest BCUT2D eigenvalue weighted by molar-refractivity contribution is 7.80. The molecule has 0 fully saturated rings. The van der Waals surface area contributed by atoms with E-state index in [1.807, 2.05) is 24.3 Å². The van der Waals surface area contributed by atoms with Gasteiger partial charge in [0.1, 0.15) is 0 Å². The molecule has 0 spiro atoms. The van der Waals surface area contributed by atoms with E-state index >= 15 is 0 Å². The largest absolute Gasteiger partial charge is 0.486 e. The minimum Gasteiger partial charge on any atom is -0.486 e. The average molecular weight is 209 g/mol. The molecule has 3 heteroatoms. The van der Waals surface area contributed by atoms with Gasteiger partial charge in [-0.2, -0.15) is 0 Å². The minimum atomic E-state index is 0.389. The molecule has 1 rings (SSSR count). The van der Waals surface area contributed by atoms with Gasteiger partial charge in [0.05, 0.1) is 7.11 Å². The Labute approximate surface area is 90.1 Å². The summed E-state index contributed by atoms with van der Waals surface area (Å²) in [5.41, 5.74) is 7.75. The lowest BCUT2D eigenvalue weighted by Gasteiger charge is -2.09. The fourth-order valence-corrected chi connectivity index (χ4v) is 1.34. The van der Waals surface area contributed by atoms with E-state index in [4.69, 9.17) is 22.7 Å². The van der Waals surface area contributed by atoms with Gasteiger partial charge in [0, 0.05) is 5.56 Å². The maximum Gasteiger partial charge on any atom is 0.190 e. The number of ether oxygens (including phenoxy) is 1. The van der Waals surface area contributed by atoms with Crippen molar-refractivity contribution in [3.8, 4) is 0 Å². The zero-order valence-corrected chi connectivity index (χ0v) is 9.30. The van der Waals surface area contributed by atoms with Crippen LogP contribution in [0.15, 0.2) is 24.3 Å². The molecule has 0 aliphatic carbocycles. The monoisotopic (exact) mass is 209 g/mol. The third-order valence-electron chi connectivity index (χ3n) is 2.25. The van der Waals surface area contributed by atoms with Crippen molar-refractivity contribution < 1.29 is 4.74 Å². The summed E-state index contributed by atoms with van der Waals surface area (Å²) in [4.78, 5) is 0. The summed E-state index contributed by atoms with van der Waals surface area (Å²) >= 11 is 5.01. The Morgan fingerprint density at radius 3 is 2.43 bits per heavy atom. The van der Waals surface area contributed by atoms with Crippen LogP contribution in [0, 0.1) is 0 Å². The Bertz CT molecular complexity index is 308. The second-order valence-corrected chi connectivity index (χ2v) is 3.62. The first-order valence-corrected chi connectivity index (χ1v) is 4.98. The molecule has 0 saturated heterocycles. The van der Waals surface area contributed by atoms with Crippen molar-refractivity contribution in [2.75, 3.05) is 13.7 Å². The van der Waals surface area contributed by atoms with E-state index in [1.54, 1.807) is 7.11 Å². The zero-order valence-electron chi connectivity index (χ0n) is 8.49. The summed E-state index contributed by atoms with van der Waals surface area (Å²) in [6, 6.07) is 8.01. The molecular formula is C11H15NOS. The van der Waals surface area contributed by atoms with Crippen molar-refractivity contribution in [1.82, 2.24) is 0 Å². The van der Waals surface area contributed by atoms with E-state index in [0.29, 0.717) is 17.5 Å². The molecule has 2 nitrogen and oxygen atoms in total. The molecule has 0 heterocycles. The summed E-state index contributed by atoms with van der Waals surface area (Å²) in [5, 5.41) is 0.525. The van der Waals surface area contributed by atoms with Crippen LogP contribution in [0.2, 0.25) is 0 Å². The molecular weight excluding hydrogens is 194 g/mol. The topological polar surface area (TPSA) is 35.2 Å². The van der Waals surface area contributed by atoms with Crippen LogP contribution >= 0.6 is 12.2 Å². The van der Waals surface area contributed by atoms with Crippen LogP contribution in [0.4, 0.5) is 0 Å². The summed E-state index contributed by atoms with van der Waals surface area (Å²) in [6.07, 6.45) is 0. The van der Waals surface area contributed by atoms with Crippen LogP contribution in [0.1, 0.15) is 24.0 Å². The molecule has 0 unspecified atom stereocenters. The summed E-state index contributed by atoms with van der Waals surface area (Å²) in [7, 11) is 1.58. The van der Waals surface area contributed by atoms with Crippen molar-refractivity contribution in [2.45, 2.75) is 12.8 Å². The van der Waals surface area contributed by atoms with Crippen LogP contribution < -0.4 is 5.73 Å². The number of methoxy groups -OCH3 is 1. The highest BCUT2D eigenvalue weighted by Crippen LogP contribution is 2.15. The highest BCUT2D eigenvalue weighted by atomic mass is 32.1. The van der Waals surface area contributed by atoms with Gasteiger partial charge in [0.15, 0.2) is 5.05 Å². The molecule has 0 aliphatic rings. The van der Waals surface area contributed by atoms with Gasteiger partial charge in [0.2, 0.25) is 0 Å². The van der Waals surface area contributed by atoms with Gasteiger partial charge in [0.25, 0.3) is 0 Å². The van der Waals surface area contributed by atoms with Crippen molar-refractivity contribution in [3.63, 3.8) is 0 Å². The minimum absolute atomic E-state index is 0.389. The fraction of sp³-hybridized carbons (Fsp3) is 0.364. The first kappa shape index (κ1) is 11.1. The number of nitrogens with two attached hydrogens (primary N) is 1. The second-order valence-electron chi connectivity index (χ2n) is 3.25. The number of hydrogen-bond donors (Lipinski definition) is 1. The van der Waals surface area contributed by atoms with Crippen LogP contribution in [0.25, 0.3) is 0 Å². The second kappa shape index (κ2) is 5.08. The molecule has 0 radical (unpaired) electrons. The Morgan fingerprint density at radius 1 is 1.43 bits per heavy atom. The van der Waals surface area contributed by atoms with E-state index in [1.165, 1.54) is 5.56 Å². The third-order valence-corrected chi connectivity index (χ3v) is 2.66. The first-order chi connectivity index (χ1) is 6.69. The standard InChI is InChI=1S/C11H15NOS/c1-8(7-12)9-3-5-10(6-4-9)11(14)13-2/h3-6,8H,7,12H2,1-2H3/t8-/m0/s1. The van der Waals surface area contributed by atoms with Gasteiger partial charge in [-0.15, -0.1) is 0 Å². The van der Waals surface area contributed by atoms with E-state index in [0.717, 1.165) is 5.56 Å². The Hall–Kier alpha value is -0.930. The van der Waals surface area contributed by atoms with Crippen LogP contribution in [-0.4, -0.2) is 18.7 Å². The molecule has 1 atom stereocenters. The third kappa shape index (κ3) is 2.53. The van der Waals surface area contributed by atoms with Gasteiger partial charge in [-0.3, -0.25) is 0 Å². The SMILES string of the molecule is COC(=S)c1ccc([C@@H](C)CN)cc1. The van der Waals surface area contributed by atoms with E-state index < -0.39 is 0 Å². The lowest BCUT2D eigenvalue weighted by molar-refractivity contribution is 0.416. The van der Waals surface area contributed by atoms with E-state index in [-0.39, 0.29) is 0 Å². The molecule has 0 bridgehead atoms. The predicted octanol–water partition coefficient (Wildman–Crippen LogP) is 2.07. The summed E-state index contributed by atoms with van der Waals surface area (Å²) in [6.45, 7) is 2.76. The predicted molar refractivity (Wildman–Crippen MR) is 62.6 cm³/mol. The number of thiocarbonyl (C=S) groups is 1.